The number of rotatable bonds is 3. The lowest BCUT2D eigenvalue weighted by Gasteiger charge is -2.06. The number of carbonyl (C=O) groups is 1. The lowest BCUT2D eigenvalue weighted by Crippen LogP contribution is -2.37. The molecule has 0 spiro atoms. The van der Waals surface area contributed by atoms with E-state index in [1.165, 1.54) is 40.9 Å². The summed E-state index contributed by atoms with van der Waals surface area (Å²) in [5, 5.41) is 3.26. The smallest absolute Gasteiger partial charge is 0.315 e. The Kier molecular flexibility index (Phi) is 3.92. The first-order valence-electron chi connectivity index (χ1n) is 8.13. The number of aromatic nitrogens is 5. The molecule has 0 fully saturated rings. The Hall–Kier alpha value is -3.27. The highest BCUT2D eigenvalue weighted by atomic mass is 32.1. The molecule has 3 heterocycles. The van der Waals surface area contributed by atoms with E-state index in [1.54, 1.807) is 0 Å². The minimum atomic E-state index is -0.492. The summed E-state index contributed by atoms with van der Waals surface area (Å²) in [6.45, 7) is 1.85. The Morgan fingerprint density at radius 3 is 2.74 bits per heavy atom. The van der Waals surface area contributed by atoms with E-state index in [1.807, 2.05) is 25.1 Å². The van der Waals surface area contributed by atoms with Crippen LogP contribution in [-0.4, -0.2) is 29.6 Å². The molecule has 138 valence electrons. The Morgan fingerprint density at radius 1 is 1.22 bits per heavy atom. The molecular weight excluding hydrogens is 368 g/mol. The average Bonchev–Trinajstić information content (AvgIpc) is 3.23. The highest BCUT2D eigenvalue weighted by molar-refractivity contribution is 7.22. The minimum absolute atomic E-state index is 0.112. The first-order chi connectivity index (χ1) is 12.9. The van der Waals surface area contributed by atoms with Crippen molar-refractivity contribution in [1.82, 2.24) is 23.7 Å². The zero-order valence-corrected chi connectivity index (χ0v) is 15.7. The van der Waals surface area contributed by atoms with E-state index in [0.29, 0.717) is 5.13 Å². The molecule has 1 aromatic carbocycles. The maximum Gasteiger partial charge on any atom is 0.332 e. The second-order valence-corrected chi connectivity index (χ2v) is 7.27. The molecule has 0 radical (unpaired) electrons. The summed E-state index contributed by atoms with van der Waals surface area (Å²) >= 11 is 1.39. The number of aryl methyl sites for hydroxylation is 2. The van der Waals surface area contributed by atoms with Crippen molar-refractivity contribution in [2.24, 2.45) is 14.1 Å². The number of carbonyl (C=O) groups excluding carboxylic acids is 1. The van der Waals surface area contributed by atoms with Gasteiger partial charge < -0.3 is 9.88 Å². The molecule has 1 amide bonds. The number of amides is 1. The van der Waals surface area contributed by atoms with Crippen molar-refractivity contribution in [3.05, 3.63) is 50.9 Å². The van der Waals surface area contributed by atoms with Gasteiger partial charge >= 0.3 is 5.69 Å². The molecule has 0 unspecified atom stereocenters. The third kappa shape index (κ3) is 2.74. The standard InChI is InChI=1S/C17H16N6O3S/c1-9-5-4-6-10-12(9)20-16(27-10)19-11(24)7-23-8-18-14-13(23)15(25)22(3)17(26)21(14)2/h4-6,8H,7H2,1-3H3,(H,19,20,24). The maximum absolute atomic E-state index is 12.5. The van der Waals surface area contributed by atoms with Gasteiger partial charge in [0.15, 0.2) is 16.3 Å². The highest BCUT2D eigenvalue weighted by Crippen LogP contribution is 2.27. The molecule has 4 aromatic rings. The zero-order valence-electron chi connectivity index (χ0n) is 14.9. The highest BCUT2D eigenvalue weighted by Gasteiger charge is 2.16. The van der Waals surface area contributed by atoms with Gasteiger partial charge in [-0.05, 0) is 18.6 Å². The van der Waals surface area contributed by atoms with Gasteiger partial charge in [0.2, 0.25) is 5.91 Å². The van der Waals surface area contributed by atoms with Crippen LogP contribution in [0, 0.1) is 6.92 Å². The van der Waals surface area contributed by atoms with Crippen LogP contribution in [0.25, 0.3) is 21.4 Å². The Balaban J connectivity index is 1.66. The Labute approximate surface area is 156 Å². The van der Waals surface area contributed by atoms with Crippen LogP contribution in [0.2, 0.25) is 0 Å². The number of hydrogen-bond donors (Lipinski definition) is 1. The quantitative estimate of drug-likeness (QED) is 0.567. The van der Waals surface area contributed by atoms with E-state index in [4.69, 9.17) is 0 Å². The van der Waals surface area contributed by atoms with Crippen molar-refractivity contribution in [3.8, 4) is 0 Å². The summed E-state index contributed by atoms with van der Waals surface area (Å²) in [6.07, 6.45) is 1.38. The van der Waals surface area contributed by atoms with E-state index < -0.39 is 11.2 Å². The first-order valence-corrected chi connectivity index (χ1v) is 8.95. The number of nitrogens with one attached hydrogen (secondary N) is 1. The molecule has 9 nitrogen and oxygen atoms in total. The maximum atomic E-state index is 12.5. The molecule has 1 N–H and O–H groups in total. The SMILES string of the molecule is Cc1cccc2sc(NC(=O)Cn3cnc4c3c(=O)n(C)c(=O)n4C)nc12. The summed E-state index contributed by atoms with van der Waals surface area (Å²) < 4.78 is 4.70. The fourth-order valence-electron chi connectivity index (χ4n) is 2.97. The van der Waals surface area contributed by atoms with E-state index in [-0.39, 0.29) is 23.6 Å². The number of imidazole rings is 1. The molecule has 4 rings (SSSR count). The lowest BCUT2D eigenvalue weighted by molar-refractivity contribution is -0.116. The van der Waals surface area contributed by atoms with Crippen LogP contribution in [0.3, 0.4) is 0 Å². The molecular formula is C17H16N6O3S. The second kappa shape index (κ2) is 6.16. The molecule has 0 saturated heterocycles. The summed E-state index contributed by atoms with van der Waals surface area (Å²) in [4.78, 5) is 45.4. The molecule has 27 heavy (non-hydrogen) atoms. The fraction of sp³-hybridized carbons (Fsp3) is 0.235. The van der Waals surface area contributed by atoms with Gasteiger partial charge in [-0.3, -0.25) is 18.7 Å². The second-order valence-electron chi connectivity index (χ2n) is 6.24. The van der Waals surface area contributed by atoms with Gasteiger partial charge in [-0.2, -0.15) is 0 Å². The predicted octanol–water partition coefficient (Wildman–Crippen LogP) is 0.991. The number of hydrogen-bond acceptors (Lipinski definition) is 6. The molecule has 0 bridgehead atoms. The van der Waals surface area contributed by atoms with Gasteiger partial charge in [0.1, 0.15) is 6.54 Å². The lowest BCUT2D eigenvalue weighted by atomic mass is 10.2. The average molecular weight is 384 g/mol. The van der Waals surface area contributed by atoms with Crippen molar-refractivity contribution in [2.75, 3.05) is 5.32 Å². The van der Waals surface area contributed by atoms with E-state index in [0.717, 1.165) is 20.3 Å². The van der Waals surface area contributed by atoms with E-state index >= 15 is 0 Å². The number of fused-ring (bicyclic) bond motifs is 2. The zero-order chi connectivity index (χ0) is 19.3. The Morgan fingerprint density at radius 2 is 2.00 bits per heavy atom. The molecule has 0 saturated carbocycles. The van der Waals surface area contributed by atoms with Crippen LogP contribution in [-0.2, 0) is 25.4 Å². The molecule has 0 aliphatic carbocycles. The monoisotopic (exact) mass is 384 g/mol. The predicted molar refractivity (Wildman–Crippen MR) is 103 cm³/mol. The summed E-state index contributed by atoms with van der Waals surface area (Å²) in [6, 6.07) is 5.85. The number of benzene rings is 1. The van der Waals surface area contributed by atoms with Gasteiger partial charge in [-0.25, -0.2) is 14.8 Å². The number of thiazole rings is 1. The van der Waals surface area contributed by atoms with Gasteiger partial charge in [0.05, 0.1) is 16.5 Å². The third-order valence-electron chi connectivity index (χ3n) is 4.40. The van der Waals surface area contributed by atoms with Crippen LogP contribution in [0.1, 0.15) is 5.56 Å². The van der Waals surface area contributed by atoms with Crippen molar-refractivity contribution in [1.29, 1.82) is 0 Å². The van der Waals surface area contributed by atoms with Crippen molar-refractivity contribution in [3.63, 3.8) is 0 Å². The van der Waals surface area contributed by atoms with Crippen LogP contribution in [0.4, 0.5) is 5.13 Å². The van der Waals surface area contributed by atoms with E-state index in [9.17, 15) is 14.4 Å². The number of anilines is 1. The molecule has 10 heteroatoms. The van der Waals surface area contributed by atoms with Gasteiger partial charge in [0, 0.05) is 14.1 Å². The van der Waals surface area contributed by atoms with Crippen LogP contribution in [0.15, 0.2) is 34.1 Å². The first kappa shape index (κ1) is 17.2. The topological polar surface area (TPSA) is 104 Å². The van der Waals surface area contributed by atoms with Crippen molar-refractivity contribution in [2.45, 2.75) is 13.5 Å². The van der Waals surface area contributed by atoms with Crippen LogP contribution < -0.4 is 16.6 Å². The van der Waals surface area contributed by atoms with Gasteiger partial charge in [-0.1, -0.05) is 23.5 Å². The number of para-hydroxylation sites is 1. The molecule has 0 atom stereocenters. The normalized spacial score (nSPS) is 11.4. The van der Waals surface area contributed by atoms with Gasteiger partial charge in [-0.15, -0.1) is 0 Å². The Bertz CT molecular complexity index is 1330. The van der Waals surface area contributed by atoms with Crippen molar-refractivity contribution < 1.29 is 4.79 Å². The fourth-order valence-corrected chi connectivity index (χ4v) is 3.93. The van der Waals surface area contributed by atoms with E-state index in [2.05, 4.69) is 15.3 Å². The summed E-state index contributed by atoms with van der Waals surface area (Å²) in [7, 11) is 2.93. The summed E-state index contributed by atoms with van der Waals surface area (Å²) in [5.41, 5.74) is 1.38. The molecule has 0 aliphatic rings. The number of nitrogens with zero attached hydrogens (tertiary/aromatic N) is 5. The van der Waals surface area contributed by atoms with Gasteiger partial charge in [0.25, 0.3) is 5.56 Å². The minimum Gasteiger partial charge on any atom is -0.315 e. The summed E-state index contributed by atoms with van der Waals surface area (Å²) in [5.74, 6) is -0.332. The van der Waals surface area contributed by atoms with Crippen LogP contribution >= 0.6 is 11.3 Å². The van der Waals surface area contributed by atoms with Crippen LogP contribution in [0.5, 0.6) is 0 Å². The third-order valence-corrected chi connectivity index (χ3v) is 5.33. The molecule has 3 aromatic heterocycles. The molecule has 0 aliphatic heterocycles. The van der Waals surface area contributed by atoms with Crippen molar-refractivity contribution >= 4 is 43.8 Å². The largest absolute Gasteiger partial charge is 0.332 e.